The van der Waals surface area contributed by atoms with Gasteiger partial charge in [0.25, 0.3) is 11.8 Å². The second-order valence-electron chi connectivity index (χ2n) is 8.47. The fourth-order valence-electron chi connectivity index (χ4n) is 4.40. The molecule has 0 aliphatic carbocycles. The standard InChI is InChI=1S/C25H28N6O2/c1-3-9-29-10-4-11-30(13-12-29)24(32)20-6-8-23(27-16-20)31-25(33)22(17-28-31)21-7-5-19(15-26)14-18(21)2/h5-8,14,16-17,22H,3-4,9-13H2,1-2H3. The van der Waals surface area contributed by atoms with Crippen LogP contribution in [0.1, 0.15) is 52.7 Å². The van der Waals surface area contributed by atoms with Crippen LogP contribution in [0.5, 0.6) is 0 Å². The van der Waals surface area contributed by atoms with Crippen LogP contribution in [0.25, 0.3) is 0 Å². The van der Waals surface area contributed by atoms with Crippen LogP contribution >= 0.6 is 0 Å². The van der Waals surface area contributed by atoms with Crippen LogP contribution in [-0.2, 0) is 4.79 Å². The Morgan fingerprint density at radius 2 is 2.03 bits per heavy atom. The predicted octanol–water partition coefficient (Wildman–Crippen LogP) is 2.94. The number of hydrazone groups is 1. The largest absolute Gasteiger partial charge is 0.337 e. The van der Waals surface area contributed by atoms with Gasteiger partial charge in [0.2, 0.25) is 0 Å². The highest BCUT2D eigenvalue weighted by atomic mass is 16.2. The lowest BCUT2D eigenvalue weighted by molar-refractivity contribution is -0.118. The van der Waals surface area contributed by atoms with Gasteiger partial charge in [-0.3, -0.25) is 9.59 Å². The Kier molecular flexibility index (Phi) is 6.80. The number of carbonyl (C=O) groups is 2. The monoisotopic (exact) mass is 444 g/mol. The topological polar surface area (TPSA) is 92.9 Å². The van der Waals surface area contributed by atoms with Gasteiger partial charge in [-0.1, -0.05) is 13.0 Å². The molecule has 1 unspecified atom stereocenters. The molecule has 2 aromatic rings. The van der Waals surface area contributed by atoms with Gasteiger partial charge >= 0.3 is 0 Å². The van der Waals surface area contributed by atoms with E-state index in [-0.39, 0.29) is 11.8 Å². The summed E-state index contributed by atoms with van der Waals surface area (Å²) in [7, 11) is 0. The molecule has 170 valence electrons. The zero-order chi connectivity index (χ0) is 23.4. The molecule has 2 amide bonds. The van der Waals surface area contributed by atoms with Crippen LogP contribution in [0.15, 0.2) is 41.6 Å². The third-order valence-electron chi connectivity index (χ3n) is 6.17. The van der Waals surface area contributed by atoms with Gasteiger partial charge < -0.3 is 9.80 Å². The number of anilines is 1. The summed E-state index contributed by atoms with van der Waals surface area (Å²) < 4.78 is 0. The molecular formula is C25H28N6O2. The van der Waals surface area contributed by atoms with Crippen LogP contribution in [-0.4, -0.2) is 65.5 Å². The summed E-state index contributed by atoms with van der Waals surface area (Å²) in [6.07, 6.45) is 5.19. The Hall–Kier alpha value is -3.57. The summed E-state index contributed by atoms with van der Waals surface area (Å²) in [5.74, 6) is -0.386. The van der Waals surface area contributed by atoms with Crippen molar-refractivity contribution in [3.63, 3.8) is 0 Å². The summed E-state index contributed by atoms with van der Waals surface area (Å²) in [4.78, 5) is 34.6. The predicted molar refractivity (Wildman–Crippen MR) is 126 cm³/mol. The van der Waals surface area contributed by atoms with Crippen molar-refractivity contribution >= 4 is 23.8 Å². The molecule has 1 atom stereocenters. The molecule has 0 N–H and O–H groups in total. The molecule has 3 heterocycles. The molecule has 1 aromatic heterocycles. The SMILES string of the molecule is CCCN1CCCN(C(=O)c2ccc(N3N=CC(c4ccc(C#N)cc4C)C3=O)nc2)CC1. The Morgan fingerprint density at radius 3 is 2.73 bits per heavy atom. The maximum atomic E-state index is 13.0. The average Bonchev–Trinajstić information content (AvgIpc) is 3.05. The van der Waals surface area contributed by atoms with Gasteiger partial charge in [-0.15, -0.1) is 0 Å². The minimum Gasteiger partial charge on any atom is -0.337 e. The number of pyridine rings is 1. The van der Waals surface area contributed by atoms with Crippen molar-refractivity contribution in [1.82, 2.24) is 14.8 Å². The molecule has 1 aromatic carbocycles. The highest BCUT2D eigenvalue weighted by Crippen LogP contribution is 2.28. The molecule has 8 nitrogen and oxygen atoms in total. The number of amides is 2. The number of hydrogen-bond donors (Lipinski definition) is 0. The van der Waals surface area contributed by atoms with E-state index in [1.54, 1.807) is 36.5 Å². The van der Waals surface area contributed by atoms with E-state index in [4.69, 9.17) is 5.26 Å². The average molecular weight is 445 g/mol. The number of nitrogens with zero attached hydrogens (tertiary/aromatic N) is 6. The smallest absolute Gasteiger partial charge is 0.261 e. The van der Waals surface area contributed by atoms with E-state index in [0.717, 1.165) is 50.1 Å². The van der Waals surface area contributed by atoms with Gasteiger partial charge in [-0.2, -0.15) is 15.4 Å². The molecule has 1 fully saturated rings. The van der Waals surface area contributed by atoms with Crippen molar-refractivity contribution in [3.8, 4) is 6.07 Å². The molecule has 2 aliphatic heterocycles. The summed E-state index contributed by atoms with van der Waals surface area (Å²) >= 11 is 0. The van der Waals surface area contributed by atoms with Crippen LogP contribution in [0.2, 0.25) is 0 Å². The number of nitriles is 1. The Bertz CT molecular complexity index is 1100. The Morgan fingerprint density at radius 1 is 1.18 bits per heavy atom. The minimum absolute atomic E-state index is 0.0327. The van der Waals surface area contributed by atoms with Crippen molar-refractivity contribution in [1.29, 1.82) is 5.26 Å². The van der Waals surface area contributed by atoms with E-state index in [9.17, 15) is 9.59 Å². The van der Waals surface area contributed by atoms with Gasteiger partial charge in [0.15, 0.2) is 5.82 Å². The van der Waals surface area contributed by atoms with E-state index in [1.807, 2.05) is 11.8 Å². The molecule has 1 saturated heterocycles. The van der Waals surface area contributed by atoms with Crippen LogP contribution in [0, 0.1) is 18.3 Å². The van der Waals surface area contributed by atoms with Crippen LogP contribution in [0.3, 0.4) is 0 Å². The van der Waals surface area contributed by atoms with Crippen LogP contribution < -0.4 is 5.01 Å². The van der Waals surface area contributed by atoms with Gasteiger partial charge in [0.05, 0.1) is 17.2 Å². The first-order valence-corrected chi connectivity index (χ1v) is 11.4. The normalized spacial score (nSPS) is 18.9. The van der Waals surface area contributed by atoms with Crippen LogP contribution in [0.4, 0.5) is 5.82 Å². The lowest BCUT2D eigenvalue weighted by Gasteiger charge is -2.22. The molecule has 0 bridgehead atoms. The molecule has 0 spiro atoms. The quantitative estimate of drug-likeness (QED) is 0.707. The highest BCUT2D eigenvalue weighted by molar-refractivity contribution is 6.12. The van der Waals surface area contributed by atoms with Gasteiger partial charge in [-0.05, 0) is 68.2 Å². The molecule has 2 aliphatic rings. The number of aryl methyl sites for hydroxylation is 1. The van der Waals surface area contributed by atoms with Gasteiger partial charge in [0.1, 0.15) is 5.92 Å². The lowest BCUT2D eigenvalue weighted by atomic mass is 9.94. The zero-order valence-corrected chi connectivity index (χ0v) is 19.1. The molecule has 4 rings (SSSR count). The van der Waals surface area contributed by atoms with E-state index in [0.29, 0.717) is 23.5 Å². The fourth-order valence-corrected chi connectivity index (χ4v) is 4.40. The molecule has 33 heavy (non-hydrogen) atoms. The number of carbonyl (C=O) groups excluding carboxylic acids is 2. The Balaban J connectivity index is 1.43. The maximum Gasteiger partial charge on any atom is 0.261 e. The Labute approximate surface area is 194 Å². The minimum atomic E-state index is -0.524. The summed E-state index contributed by atoms with van der Waals surface area (Å²) in [5.41, 5.74) is 2.75. The van der Waals surface area contributed by atoms with E-state index in [1.165, 1.54) is 11.2 Å². The first-order chi connectivity index (χ1) is 16.0. The first kappa shape index (κ1) is 22.6. The number of benzene rings is 1. The van der Waals surface area contributed by atoms with Crippen molar-refractivity contribution < 1.29 is 9.59 Å². The molecular weight excluding hydrogens is 416 g/mol. The maximum absolute atomic E-state index is 13.0. The number of hydrogen-bond acceptors (Lipinski definition) is 6. The number of rotatable bonds is 5. The van der Waals surface area contributed by atoms with Crippen molar-refractivity contribution in [2.24, 2.45) is 5.10 Å². The molecule has 0 saturated carbocycles. The van der Waals surface area contributed by atoms with E-state index in [2.05, 4.69) is 28.0 Å². The fraction of sp³-hybridized carbons (Fsp3) is 0.400. The zero-order valence-electron chi connectivity index (χ0n) is 19.1. The van der Waals surface area contributed by atoms with E-state index >= 15 is 0 Å². The van der Waals surface area contributed by atoms with Gasteiger partial charge in [0, 0.05) is 32.0 Å². The van der Waals surface area contributed by atoms with Crippen molar-refractivity contribution in [2.45, 2.75) is 32.6 Å². The second-order valence-corrected chi connectivity index (χ2v) is 8.47. The molecule has 8 heteroatoms. The lowest BCUT2D eigenvalue weighted by Crippen LogP contribution is -2.35. The van der Waals surface area contributed by atoms with Gasteiger partial charge in [-0.25, -0.2) is 4.98 Å². The van der Waals surface area contributed by atoms with Crippen molar-refractivity contribution in [3.05, 3.63) is 58.8 Å². The third kappa shape index (κ3) is 4.78. The second kappa shape index (κ2) is 9.92. The summed E-state index contributed by atoms with van der Waals surface area (Å²) in [6, 6.07) is 10.7. The van der Waals surface area contributed by atoms with Crippen molar-refractivity contribution in [2.75, 3.05) is 37.7 Å². The third-order valence-corrected chi connectivity index (χ3v) is 6.17. The molecule has 0 radical (unpaired) electrons. The number of aromatic nitrogens is 1. The highest BCUT2D eigenvalue weighted by Gasteiger charge is 2.33. The first-order valence-electron chi connectivity index (χ1n) is 11.4. The summed E-state index contributed by atoms with van der Waals surface area (Å²) in [6.45, 7) is 8.46. The van der Waals surface area contributed by atoms with E-state index < -0.39 is 5.92 Å². The summed E-state index contributed by atoms with van der Waals surface area (Å²) in [5, 5.41) is 14.6.